The van der Waals surface area contributed by atoms with Crippen LogP contribution in [0.3, 0.4) is 0 Å². The van der Waals surface area contributed by atoms with Crippen LogP contribution in [0, 0.1) is 51.2 Å². The third-order valence-corrected chi connectivity index (χ3v) is 14.7. The van der Waals surface area contributed by atoms with E-state index in [-0.39, 0.29) is 16.9 Å². The van der Waals surface area contributed by atoms with Crippen LogP contribution in [0.25, 0.3) is 0 Å². The van der Waals surface area contributed by atoms with Gasteiger partial charge >= 0.3 is 5.97 Å². The minimum Gasteiger partial charge on any atom is -0.466 e. The summed E-state index contributed by atoms with van der Waals surface area (Å²) in [6.45, 7) is 19.9. The number of carbonyl (C=O) groups excluding carboxylic acids is 1. The monoisotopic (exact) mass is 545 g/mol. The predicted octanol–water partition coefficient (Wildman–Crippen LogP) is 8.71. The molecule has 0 amide bonds. The molecule has 2 N–H and O–H groups in total. The maximum absolute atomic E-state index is 12.1. The molecule has 9 atom stereocenters. The summed E-state index contributed by atoms with van der Waals surface area (Å²) >= 11 is 0. The highest BCUT2D eigenvalue weighted by Crippen LogP contribution is 2.76. The molecule has 4 saturated carbocycles. The van der Waals surface area contributed by atoms with Crippen LogP contribution in [-0.2, 0) is 9.53 Å². The summed E-state index contributed by atoms with van der Waals surface area (Å²) in [4.78, 5) is 12.1. The standard InChI is InChI=1S/C37H55NO2/c1-23(2)26-15-20-37(38)22-21-35(6)28(31(26)37)13-14-30-34(5)18-16-27(24-9-11-25(12-10-24)32(39)40-8)33(3,4)29(34)17-19-36(30,35)7/h9,11,16,26,28-31H,1,10,12-15,17-22,38H2,2-8H3/t26-,28+,29-,30+,31+,34-,35+,36+,37-/m0/s1. The number of carbonyl (C=O) groups is 1. The van der Waals surface area contributed by atoms with Gasteiger partial charge in [0.25, 0.3) is 0 Å². The largest absolute Gasteiger partial charge is 0.466 e. The summed E-state index contributed by atoms with van der Waals surface area (Å²) in [5, 5.41) is 0. The van der Waals surface area contributed by atoms with Crippen molar-refractivity contribution >= 4 is 5.97 Å². The average Bonchev–Trinajstić information content (AvgIpc) is 3.26. The maximum atomic E-state index is 12.1. The molecule has 3 heteroatoms. The molecule has 6 aliphatic carbocycles. The number of fused-ring (bicyclic) bond motifs is 7. The first kappa shape index (κ1) is 28.5. The highest BCUT2D eigenvalue weighted by Gasteiger charge is 2.70. The number of hydrogen-bond acceptors (Lipinski definition) is 3. The van der Waals surface area contributed by atoms with Crippen molar-refractivity contribution in [2.75, 3.05) is 7.11 Å². The van der Waals surface area contributed by atoms with Crippen molar-refractivity contribution in [3.8, 4) is 0 Å². The van der Waals surface area contributed by atoms with Gasteiger partial charge < -0.3 is 10.5 Å². The van der Waals surface area contributed by atoms with Gasteiger partial charge in [0.05, 0.1) is 7.11 Å². The van der Waals surface area contributed by atoms with Crippen LogP contribution in [0.5, 0.6) is 0 Å². The minimum atomic E-state index is -0.183. The Morgan fingerprint density at radius 3 is 2.33 bits per heavy atom. The number of nitrogens with two attached hydrogens (primary N) is 1. The molecule has 3 nitrogen and oxygen atoms in total. The van der Waals surface area contributed by atoms with Crippen molar-refractivity contribution in [2.24, 2.45) is 57.0 Å². The summed E-state index contributed by atoms with van der Waals surface area (Å²) in [6, 6.07) is 0. The molecule has 40 heavy (non-hydrogen) atoms. The molecule has 0 heterocycles. The lowest BCUT2D eigenvalue weighted by molar-refractivity contribution is -0.219. The lowest BCUT2D eigenvalue weighted by atomic mass is 9.33. The number of rotatable bonds is 3. The first-order chi connectivity index (χ1) is 18.7. The van der Waals surface area contributed by atoms with E-state index in [0.29, 0.717) is 34.0 Å². The van der Waals surface area contributed by atoms with Crippen molar-refractivity contribution in [3.63, 3.8) is 0 Å². The van der Waals surface area contributed by atoms with E-state index in [0.717, 1.165) is 30.3 Å². The molecule has 0 aromatic carbocycles. The number of hydrogen-bond donors (Lipinski definition) is 1. The van der Waals surface area contributed by atoms with E-state index in [1.54, 1.807) is 5.57 Å². The topological polar surface area (TPSA) is 52.3 Å². The lowest BCUT2D eigenvalue weighted by Gasteiger charge is -2.72. The van der Waals surface area contributed by atoms with E-state index >= 15 is 0 Å². The first-order valence-corrected chi connectivity index (χ1v) is 16.4. The van der Waals surface area contributed by atoms with Gasteiger partial charge in [-0.25, -0.2) is 4.79 Å². The van der Waals surface area contributed by atoms with Gasteiger partial charge in [0.1, 0.15) is 0 Å². The molecule has 0 saturated heterocycles. The van der Waals surface area contributed by atoms with E-state index in [4.69, 9.17) is 10.5 Å². The van der Waals surface area contributed by atoms with Gasteiger partial charge in [0, 0.05) is 11.1 Å². The van der Waals surface area contributed by atoms with Crippen molar-refractivity contribution < 1.29 is 9.53 Å². The minimum absolute atomic E-state index is 0.0263. The molecule has 4 fully saturated rings. The van der Waals surface area contributed by atoms with Gasteiger partial charge in [0.2, 0.25) is 0 Å². The molecule has 0 bridgehead atoms. The van der Waals surface area contributed by atoms with E-state index in [1.807, 2.05) is 6.08 Å². The first-order valence-electron chi connectivity index (χ1n) is 16.4. The van der Waals surface area contributed by atoms with Gasteiger partial charge in [-0.1, -0.05) is 65.0 Å². The molecule has 0 aromatic rings. The highest BCUT2D eigenvalue weighted by molar-refractivity contribution is 5.89. The van der Waals surface area contributed by atoms with Crippen molar-refractivity contribution in [3.05, 3.63) is 47.1 Å². The van der Waals surface area contributed by atoms with Gasteiger partial charge in [-0.15, -0.1) is 0 Å². The summed E-state index contributed by atoms with van der Waals surface area (Å²) in [7, 11) is 1.48. The number of esters is 1. The predicted molar refractivity (Wildman–Crippen MR) is 164 cm³/mol. The Hall–Kier alpha value is -1.61. The molecule has 0 aliphatic heterocycles. The number of methoxy groups -OCH3 is 1. The van der Waals surface area contributed by atoms with Crippen LogP contribution in [0.4, 0.5) is 0 Å². The Balaban J connectivity index is 1.33. The Kier molecular flexibility index (Phi) is 6.55. The Morgan fingerprint density at radius 2 is 1.68 bits per heavy atom. The molecule has 0 spiro atoms. The maximum Gasteiger partial charge on any atom is 0.333 e. The summed E-state index contributed by atoms with van der Waals surface area (Å²) in [5.74, 6) is 3.19. The molecule has 220 valence electrons. The highest BCUT2D eigenvalue weighted by atomic mass is 16.5. The lowest BCUT2D eigenvalue weighted by Crippen LogP contribution is -2.67. The average molecular weight is 546 g/mol. The van der Waals surface area contributed by atoms with Crippen LogP contribution in [-0.4, -0.2) is 18.6 Å². The zero-order chi connectivity index (χ0) is 28.9. The second kappa shape index (κ2) is 9.19. The van der Waals surface area contributed by atoms with Crippen molar-refractivity contribution in [1.29, 1.82) is 0 Å². The van der Waals surface area contributed by atoms with Gasteiger partial charge in [0.15, 0.2) is 0 Å². The summed E-state index contributed by atoms with van der Waals surface area (Å²) in [6.07, 6.45) is 20.0. The van der Waals surface area contributed by atoms with E-state index in [2.05, 4.69) is 60.3 Å². The smallest absolute Gasteiger partial charge is 0.333 e. The van der Waals surface area contributed by atoms with Gasteiger partial charge in [-0.2, -0.15) is 0 Å². The quantitative estimate of drug-likeness (QED) is 0.285. The number of ether oxygens (including phenoxy) is 1. The molecular weight excluding hydrogens is 490 g/mol. The van der Waals surface area contributed by atoms with Crippen LogP contribution in [0.15, 0.2) is 47.1 Å². The molecule has 0 aromatic heterocycles. The third-order valence-electron chi connectivity index (χ3n) is 14.7. The Bertz CT molecular complexity index is 1200. The zero-order valence-corrected chi connectivity index (χ0v) is 26.5. The fourth-order valence-electron chi connectivity index (χ4n) is 12.5. The zero-order valence-electron chi connectivity index (χ0n) is 26.5. The Morgan fingerprint density at radius 1 is 0.925 bits per heavy atom. The number of allylic oxidation sites excluding steroid dienone is 6. The van der Waals surface area contributed by atoms with E-state index in [1.165, 1.54) is 76.0 Å². The summed E-state index contributed by atoms with van der Waals surface area (Å²) < 4.78 is 4.98. The van der Waals surface area contributed by atoms with E-state index < -0.39 is 0 Å². The van der Waals surface area contributed by atoms with Crippen LogP contribution < -0.4 is 5.73 Å². The molecular formula is C37H55NO2. The van der Waals surface area contributed by atoms with Gasteiger partial charge in [-0.3, -0.25) is 0 Å². The fourth-order valence-corrected chi connectivity index (χ4v) is 12.5. The second-order valence-corrected chi connectivity index (χ2v) is 16.3. The van der Waals surface area contributed by atoms with Crippen LogP contribution >= 0.6 is 0 Å². The van der Waals surface area contributed by atoms with E-state index in [9.17, 15) is 4.79 Å². The third kappa shape index (κ3) is 3.67. The SMILES string of the molecule is C=C(C)[C@@H]1CC[C@]2(N)CC[C@]3(C)[C@H](CC[C@@H]4[C@@]5(C)CC=C(C6=CC=C(C(=O)OC)CC6)C(C)(C)[C@@H]5CC[C@]43C)[C@@H]12. The summed E-state index contributed by atoms with van der Waals surface area (Å²) in [5.41, 5.74) is 13.6. The van der Waals surface area contributed by atoms with Crippen molar-refractivity contribution in [1.82, 2.24) is 0 Å². The second-order valence-electron chi connectivity index (χ2n) is 16.3. The molecule has 0 unspecified atom stereocenters. The molecule has 0 radical (unpaired) electrons. The van der Waals surface area contributed by atoms with Crippen LogP contribution in [0.1, 0.15) is 112 Å². The normalized spacial score (nSPS) is 47.4. The van der Waals surface area contributed by atoms with Gasteiger partial charge in [-0.05, 0) is 140 Å². The fraction of sp³-hybridized carbons (Fsp3) is 0.757. The Labute approximate surface area is 244 Å². The molecule has 6 rings (SSSR count). The molecule has 6 aliphatic rings. The van der Waals surface area contributed by atoms with Crippen LogP contribution in [0.2, 0.25) is 0 Å². The van der Waals surface area contributed by atoms with Crippen molar-refractivity contribution in [2.45, 2.75) is 118 Å².